The van der Waals surface area contributed by atoms with Crippen molar-refractivity contribution in [3.8, 4) is 0 Å². The molecule has 0 saturated heterocycles. The lowest BCUT2D eigenvalue weighted by Gasteiger charge is -2.00. The minimum atomic E-state index is 0.163. The van der Waals surface area contributed by atoms with Crippen LogP contribution in [0.15, 0.2) is 33.9 Å². The Labute approximate surface area is 82.8 Å². The molecule has 0 aliphatic heterocycles. The minimum Gasteiger partial charge on any atom is -0.211 e. The molecule has 0 N–H and O–H groups in total. The van der Waals surface area contributed by atoms with Gasteiger partial charge in [-0.3, -0.25) is 0 Å². The first-order valence-corrected chi connectivity index (χ1v) is 4.20. The number of hydrogen-bond donors (Lipinski definition) is 0. The Morgan fingerprint density at radius 1 is 1.36 bits per heavy atom. The Hall–Kier alpha value is -1.76. The predicted molar refractivity (Wildman–Crippen MR) is 53.2 cm³/mol. The van der Waals surface area contributed by atoms with Crippen molar-refractivity contribution >= 4 is 12.2 Å². The highest BCUT2D eigenvalue weighted by atomic mass is 16.1. The molecule has 0 amide bonds. The third kappa shape index (κ3) is 5.84. The van der Waals surface area contributed by atoms with Crippen molar-refractivity contribution in [2.24, 2.45) is 15.9 Å². The molecule has 0 fully saturated rings. The molecule has 0 aromatic heterocycles. The second kappa shape index (κ2) is 7.87. The maximum absolute atomic E-state index is 10.0. The first kappa shape index (κ1) is 12.2. The SMILES string of the molecule is CC(C)/C(=C\C=C/CN=C=O)N=C=O. The number of carbonyl (C=O) groups excluding carboxylic acids is 2. The van der Waals surface area contributed by atoms with Crippen molar-refractivity contribution in [2.75, 3.05) is 6.54 Å². The number of rotatable bonds is 5. The molecule has 4 nitrogen and oxygen atoms in total. The molecule has 0 saturated carbocycles. The van der Waals surface area contributed by atoms with E-state index in [4.69, 9.17) is 0 Å². The summed E-state index contributed by atoms with van der Waals surface area (Å²) in [7, 11) is 0. The highest BCUT2D eigenvalue weighted by molar-refractivity contribution is 5.38. The Morgan fingerprint density at radius 3 is 2.57 bits per heavy atom. The van der Waals surface area contributed by atoms with Crippen LogP contribution in [0.25, 0.3) is 0 Å². The second-order valence-electron chi connectivity index (χ2n) is 2.81. The summed E-state index contributed by atoms with van der Waals surface area (Å²) in [6.45, 7) is 4.13. The molecule has 0 aliphatic carbocycles. The Morgan fingerprint density at radius 2 is 2.07 bits per heavy atom. The Kier molecular flexibility index (Phi) is 6.88. The summed E-state index contributed by atoms with van der Waals surface area (Å²) in [5.74, 6) is 0.163. The first-order valence-electron chi connectivity index (χ1n) is 4.20. The van der Waals surface area contributed by atoms with Gasteiger partial charge in [-0.1, -0.05) is 26.0 Å². The van der Waals surface area contributed by atoms with Gasteiger partial charge >= 0.3 is 0 Å². The maximum Gasteiger partial charge on any atom is 0.240 e. The van der Waals surface area contributed by atoms with Crippen molar-refractivity contribution in [3.63, 3.8) is 0 Å². The van der Waals surface area contributed by atoms with Crippen molar-refractivity contribution in [3.05, 3.63) is 23.9 Å². The Balaban J connectivity index is 4.36. The van der Waals surface area contributed by atoms with Crippen LogP contribution in [0.4, 0.5) is 0 Å². The van der Waals surface area contributed by atoms with E-state index < -0.39 is 0 Å². The fourth-order valence-electron chi connectivity index (χ4n) is 0.729. The number of isocyanates is 2. The number of aliphatic imine (C=N–C) groups is 2. The molecule has 0 aromatic rings. The average Bonchev–Trinajstić information content (AvgIpc) is 2.15. The minimum absolute atomic E-state index is 0.163. The molecule has 0 rings (SSSR count). The maximum atomic E-state index is 10.0. The smallest absolute Gasteiger partial charge is 0.211 e. The number of allylic oxidation sites excluding steroid dienone is 3. The van der Waals surface area contributed by atoms with Crippen LogP contribution in [0.2, 0.25) is 0 Å². The zero-order chi connectivity index (χ0) is 10.8. The van der Waals surface area contributed by atoms with Gasteiger partial charge < -0.3 is 0 Å². The summed E-state index contributed by atoms with van der Waals surface area (Å²) < 4.78 is 0. The lowest BCUT2D eigenvalue weighted by molar-refractivity contribution is 0.562. The van der Waals surface area contributed by atoms with Gasteiger partial charge in [0, 0.05) is 0 Å². The van der Waals surface area contributed by atoms with E-state index in [-0.39, 0.29) is 12.5 Å². The molecule has 0 radical (unpaired) electrons. The van der Waals surface area contributed by atoms with E-state index in [9.17, 15) is 9.59 Å². The van der Waals surface area contributed by atoms with E-state index in [0.717, 1.165) is 0 Å². The van der Waals surface area contributed by atoms with Crippen LogP contribution >= 0.6 is 0 Å². The second-order valence-corrected chi connectivity index (χ2v) is 2.81. The molecule has 0 heterocycles. The lowest BCUT2D eigenvalue weighted by atomic mass is 10.1. The topological polar surface area (TPSA) is 58.9 Å². The van der Waals surface area contributed by atoms with Gasteiger partial charge in [-0.25, -0.2) is 14.6 Å². The fourth-order valence-corrected chi connectivity index (χ4v) is 0.729. The van der Waals surface area contributed by atoms with Gasteiger partial charge in [-0.15, -0.1) is 0 Å². The normalized spacial score (nSPS) is 11.2. The van der Waals surface area contributed by atoms with Gasteiger partial charge in [0.05, 0.1) is 12.2 Å². The number of nitrogens with zero attached hydrogens (tertiary/aromatic N) is 2. The van der Waals surface area contributed by atoms with E-state index in [0.29, 0.717) is 5.70 Å². The van der Waals surface area contributed by atoms with Gasteiger partial charge in [0.25, 0.3) is 0 Å². The van der Waals surface area contributed by atoms with E-state index >= 15 is 0 Å². The van der Waals surface area contributed by atoms with Gasteiger partial charge in [-0.2, -0.15) is 4.99 Å². The predicted octanol–water partition coefficient (Wildman–Crippen LogP) is 1.75. The highest BCUT2D eigenvalue weighted by Crippen LogP contribution is 2.09. The summed E-state index contributed by atoms with van der Waals surface area (Å²) in [6, 6.07) is 0. The van der Waals surface area contributed by atoms with Crippen LogP contribution < -0.4 is 0 Å². The lowest BCUT2D eigenvalue weighted by Crippen LogP contribution is -1.89. The van der Waals surface area contributed by atoms with Crippen molar-refractivity contribution in [1.29, 1.82) is 0 Å². The third-order valence-corrected chi connectivity index (χ3v) is 1.43. The summed E-state index contributed by atoms with van der Waals surface area (Å²) in [5.41, 5.74) is 0.645. The molecule has 0 atom stereocenters. The zero-order valence-electron chi connectivity index (χ0n) is 8.23. The molecule has 0 bridgehead atoms. The summed E-state index contributed by atoms with van der Waals surface area (Å²) in [6.07, 6.45) is 7.97. The van der Waals surface area contributed by atoms with E-state index in [1.54, 1.807) is 18.2 Å². The summed E-state index contributed by atoms with van der Waals surface area (Å²) >= 11 is 0. The number of hydrogen-bond acceptors (Lipinski definition) is 4. The van der Waals surface area contributed by atoms with Crippen LogP contribution in [0.3, 0.4) is 0 Å². The van der Waals surface area contributed by atoms with Gasteiger partial charge in [0.2, 0.25) is 12.2 Å². The zero-order valence-corrected chi connectivity index (χ0v) is 8.23. The van der Waals surface area contributed by atoms with Crippen LogP contribution in [0, 0.1) is 5.92 Å². The van der Waals surface area contributed by atoms with E-state index in [2.05, 4.69) is 9.98 Å². The van der Waals surface area contributed by atoms with Gasteiger partial charge in [0.15, 0.2) is 0 Å². The quantitative estimate of drug-likeness (QED) is 0.378. The van der Waals surface area contributed by atoms with E-state index in [1.165, 1.54) is 12.2 Å². The van der Waals surface area contributed by atoms with Crippen molar-refractivity contribution in [2.45, 2.75) is 13.8 Å². The molecule has 0 spiro atoms. The fraction of sp³-hybridized carbons (Fsp3) is 0.400. The molecule has 0 aromatic carbocycles. The van der Waals surface area contributed by atoms with E-state index in [1.807, 2.05) is 13.8 Å². The molecule has 14 heavy (non-hydrogen) atoms. The summed E-state index contributed by atoms with van der Waals surface area (Å²) in [4.78, 5) is 26.6. The average molecular weight is 192 g/mol. The van der Waals surface area contributed by atoms with Crippen LogP contribution in [0.1, 0.15) is 13.8 Å². The largest absolute Gasteiger partial charge is 0.240 e. The molecule has 0 aliphatic rings. The monoisotopic (exact) mass is 192 g/mol. The molecule has 4 heteroatoms. The molecular formula is C10H12N2O2. The molecular weight excluding hydrogens is 180 g/mol. The van der Waals surface area contributed by atoms with Gasteiger partial charge in [-0.05, 0) is 12.0 Å². The molecule has 0 unspecified atom stereocenters. The van der Waals surface area contributed by atoms with Crippen LogP contribution in [-0.4, -0.2) is 18.7 Å². The van der Waals surface area contributed by atoms with Crippen molar-refractivity contribution in [1.82, 2.24) is 0 Å². The molecule has 74 valence electrons. The van der Waals surface area contributed by atoms with Crippen molar-refractivity contribution < 1.29 is 9.59 Å². The van der Waals surface area contributed by atoms with Gasteiger partial charge in [0.1, 0.15) is 0 Å². The summed E-state index contributed by atoms with van der Waals surface area (Å²) in [5, 5.41) is 0. The first-order chi connectivity index (χ1) is 6.72. The highest BCUT2D eigenvalue weighted by Gasteiger charge is 1.98. The Bertz CT molecular complexity index is 317. The van der Waals surface area contributed by atoms with Crippen LogP contribution in [-0.2, 0) is 9.59 Å². The standard InChI is InChI=1S/C10H12N2O2/c1-9(2)10(12-8-14)5-3-4-6-11-7-13/h3-5,9H,6H2,1-2H3/b4-3-,10-5+. The third-order valence-electron chi connectivity index (χ3n) is 1.43. The van der Waals surface area contributed by atoms with Crippen LogP contribution in [0.5, 0.6) is 0 Å².